The van der Waals surface area contributed by atoms with Crippen LogP contribution in [0.2, 0.25) is 0 Å². The molecule has 3 nitrogen and oxygen atoms in total. The third-order valence-corrected chi connectivity index (χ3v) is 4.78. The average Bonchev–Trinajstić information content (AvgIpc) is 3.07. The molecule has 1 saturated heterocycles. The molecule has 2 fully saturated rings. The molecule has 3 heteroatoms. The van der Waals surface area contributed by atoms with Gasteiger partial charge in [0.1, 0.15) is 5.60 Å². The number of epoxide rings is 1. The van der Waals surface area contributed by atoms with Crippen LogP contribution in [0.3, 0.4) is 0 Å². The van der Waals surface area contributed by atoms with E-state index >= 15 is 0 Å². The molecule has 0 aromatic rings. The van der Waals surface area contributed by atoms with Crippen molar-refractivity contribution >= 4 is 5.97 Å². The number of unbranched alkanes of at least 4 members (excludes halogenated alkanes) is 3. The molecule has 1 unspecified atom stereocenters. The molecule has 19 heavy (non-hydrogen) atoms. The van der Waals surface area contributed by atoms with E-state index in [1.54, 1.807) is 0 Å². The van der Waals surface area contributed by atoms with Crippen LogP contribution in [0.1, 0.15) is 78.1 Å². The third-order valence-electron chi connectivity index (χ3n) is 4.78. The van der Waals surface area contributed by atoms with Crippen molar-refractivity contribution in [2.45, 2.75) is 89.3 Å². The van der Waals surface area contributed by atoms with Gasteiger partial charge in [-0.25, -0.2) is 4.79 Å². The quantitative estimate of drug-likeness (QED) is 0.398. The highest BCUT2D eigenvalue weighted by Crippen LogP contribution is 2.58. The van der Waals surface area contributed by atoms with Gasteiger partial charge in [-0.3, -0.25) is 0 Å². The number of carbonyl (C=O) groups is 1. The summed E-state index contributed by atoms with van der Waals surface area (Å²) >= 11 is 0. The number of rotatable bonds is 7. The van der Waals surface area contributed by atoms with E-state index in [9.17, 15) is 4.79 Å². The number of ether oxygens (including phenoxy) is 2. The zero-order chi connectivity index (χ0) is 13.8. The summed E-state index contributed by atoms with van der Waals surface area (Å²) in [4.78, 5) is 12.3. The molecule has 0 aromatic heterocycles. The minimum absolute atomic E-state index is 0.103. The molecule has 0 N–H and O–H groups in total. The summed E-state index contributed by atoms with van der Waals surface area (Å²) in [6.07, 6.45) is 11.0. The Morgan fingerprint density at radius 2 is 1.84 bits per heavy atom. The van der Waals surface area contributed by atoms with Gasteiger partial charge in [0.05, 0.1) is 6.61 Å². The first-order valence-corrected chi connectivity index (χ1v) is 8.08. The van der Waals surface area contributed by atoms with Crippen molar-refractivity contribution in [1.29, 1.82) is 0 Å². The maximum absolute atomic E-state index is 12.3. The number of hydrogen-bond acceptors (Lipinski definition) is 3. The van der Waals surface area contributed by atoms with Gasteiger partial charge in [0, 0.05) is 0 Å². The van der Waals surface area contributed by atoms with Crippen LogP contribution >= 0.6 is 0 Å². The van der Waals surface area contributed by atoms with Gasteiger partial charge in [-0.1, -0.05) is 52.4 Å². The summed E-state index contributed by atoms with van der Waals surface area (Å²) in [6, 6.07) is 0. The van der Waals surface area contributed by atoms with Gasteiger partial charge in [-0.15, -0.1) is 0 Å². The third kappa shape index (κ3) is 2.81. The largest absolute Gasteiger partial charge is 0.463 e. The lowest BCUT2D eigenvalue weighted by atomic mass is 9.79. The number of hydrogen-bond donors (Lipinski definition) is 0. The number of esters is 1. The normalized spacial score (nSPS) is 28.3. The second-order valence-electron chi connectivity index (χ2n) is 6.03. The van der Waals surface area contributed by atoms with Crippen LogP contribution in [0.5, 0.6) is 0 Å². The van der Waals surface area contributed by atoms with Gasteiger partial charge in [0.2, 0.25) is 0 Å². The van der Waals surface area contributed by atoms with E-state index in [-0.39, 0.29) is 11.6 Å². The van der Waals surface area contributed by atoms with Gasteiger partial charge in [0.15, 0.2) is 5.60 Å². The minimum Gasteiger partial charge on any atom is -0.463 e. The lowest BCUT2D eigenvalue weighted by molar-refractivity contribution is -0.150. The Balaban J connectivity index is 1.80. The Labute approximate surface area is 117 Å². The molecule has 1 atom stereocenters. The lowest BCUT2D eigenvalue weighted by Crippen LogP contribution is -2.36. The van der Waals surface area contributed by atoms with Gasteiger partial charge in [-0.05, 0) is 25.7 Å². The molecule has 1 heterocycles. The Bertz CT molecular complexity index is 307. The van der Waals surface area contributed by atoms with Crippen LogP contribution in [0.15, 0.2) is 0 Å². The Hall–Kier alpha value is -0.570. The van der Waals surface area contributed by atoms with Gasteiger partial charge in [-0.2, -0.15) is 0 Å². The van der Waals surface area contributed by atoms with E-state index in [2.05, 4.69) is 6.92 Å². The number of carbonyl (C=O) groups excluding carboxylic acids is 1. The Morgan fingerprint density at radius 3 is 2.47 bits per heavy atom. The summed E-state index contributed by atoms with van der Waals surface area (Å²) in [5.74, 6) is -0.103. The molecule has 0 bridgehead atoms. The van der Waals surface area contributed by atoms with Crippen molar-refractivity contribution in [3.63, 3.8) is 0 Å². The molecule has 1 spiro atoms. The van der Waals surface area contributed by atoms with Crippen LogP contribution in [0, 0.1) is 0 Å². The summed E-state index contributed by atoms with van der Waals surface area (Å²) in [5, 5.41) is 0. The van der Waals surface area contributed by atoms with Crippen molar-refractivity contribution in [2.24, 2.45) is 0 Å². The molecule has 0 aromatic carbocycles. The van der Waals surface area contributed by atoms with Gasteiger partial charge < -0.3 is 9.47 Å². The van der Waals surface area contributed by atoms with Crippen LogP contribution in [0.25, 0.3) is 0 Å². The van der Waals surface area contributed by atoms with Crippen LogP contribution in [-0.4, -0.2) is 23.8 Å². The van der Waals surface area contributed by atoms with Crippen molar-refractivity contribution < 1.29 is 14.3 Å². The van der Waals surface area contributed by atoms with Crippen molar-refractivity contribution in [3.8, 4) is 0 Å². The van der Waals surface area contributed by atoms with Crippen LogP contribution in [0.4, 0.5) is 0 Å². The molecular weight excluding hydrogens is 240 g/mol. The Morgan fingerprint density at radius 1 is 1.11 bits per heavy atom. The van der Waals surface area contributed by atoms with Gasteiger partial charge >= 0.3 is 5.97 Å². The summed E-state index contributed by atoms with van der Waals surface area (Å²) in [5.41, 5.74) is -0.765. The fourth-order valence-corrected chi connectivity index (χ4v) is 3.51. The molecule has 0 amide bonds. The zero-order valence-electron chi connectivity index (χ0n) is 12.5. The topological polar surface area (TPSA) is 38.8 Å². The molecule has 1 aliphatic carbocycles. The fourth-order valence-electron chi connectivity index (χ4n) is 3.51. The van der Waals surface area contributed by atoms with Crippen LogP contribution in [-0.2, 0) is 14.3 Å². The molecule has 1 saturated carbocycles. The highest BCUT2D eigenvalue weighted by Gasteiger charge is 2.73. The second-order valence-corrected chi connectivity index (χ2v) is 6.03. The first-order valence-electron chi connectivity index (χ1n) is 8.08. The first kappa shape index (κ1) is 14.8. The predicted octanol–water partition coefficient (Wildman–Crippen LogP) is 3.99. The molecule has 0 radical (unpaired) electrons. The fraction of sp³-hybridized carbons (Fsp3) is 0.938. The lowest BCUT2D eigenvalue weighted by Gasteiger charge is -2.22. The standard InChI is InChI=1S/C16H28O3/c1-3-5-6-10-13-18-14(17)16(4-2)15(19-16)11-8-7-9-12-15/h3-13H2,1-2H3. The average molecular weight is 268 g/mol. The van der Waals surface area contributed by atoms with Gasteiger partial charge in [0.25, 0.3) is 0 Å². The van der Waals surface area contributed by atoms with E-state index in [1.807, 2.05) is 6.92 Å². The highest BCUT2D eigenvalue weighted by atomic mass is 16.7. The molecule has 2 rings (SSSR count). The molecule has 1 aliphatic heterocycles. The summed E-state index contributed by atoms with van der Waals surface area (Å²) < 4.78 is 11.4. The maximum Gasteiger partial charge on any atom is 0.341 e. The monoisotopic (exact) mass is 268 g/mol. The highest BCUT2D eigenvalue weighted by molar-refractivity contribution is 5.85. The van der Waals surface area contributed by atoms with Crippen molar-refractivity contribution in [2.75, 3.05) is 6.61 Å². The maximum atomic E-state index is 12.3. The molecule has 2 aliphatic rings. The van der Waals surface area contributed by atoms with Crippen molar-refractivity contribution in [3.05, 3.63) is 0 Å². The molecule has 110 valence electrons. The smallest absolute Gasteiger partial charge is 0.341 e. The zero-order valence-corrected chi connectivity index (χ0v) is 12.5. The minimum atomic E-state index is -0.599. The second kappa shape index (κ2) is 6.25. The van der Waals surface area contributed by atoms with E-state index in [1.165, 1.54) is 32.1 Å². The van der Waals surface area contributed by atoms with E-state index in [4.69, 9.17) is 9.47 Å². The Kier molecular flexibility index (Phi) is 4.88. The summed E-state index contributed by atoms with van der Waals surface area (Å²) in [6.45, 7) is 4.78. The van der Waals surface area contributed by atoms with Crippen molar-refractivity contribution in [1.82, 2.24) is 0 Å². The van der Waals surface area contributed by atoms with E-state index in [0.717, 1.165) is 32.1 Å². The van der Waals surface area contributed by atoms with E-state index < -0.39 is 5.60 Å². The predicted molar refractivity (Wildman–Crippen MR) is 75.0 cm³/mol. The van der Waals surface area contributed by atoms with E-state index in [0.29, 0.717) is 6.61 Å². The first-order chi connectivity index (χ1) is 9.21. The summed E-state index contributed by atoms with van der Waals surface area (Å²) in [7, 11) is 0. The molecular formula is C16H28O3. The van der Waals surface area contributed by atoms with Crippen LogP contribution < -0.4 is 0 Å². The SMILES string of the molecule is CCCCCCOC(=O)C1(CC)OC12CCCCC2.